The molecule has 2 rings (SSSR count). The van der Waals surface area contributed by atoms with Gasteiger partial charge < -0.3 is 0 Å². The monoisotopic (exact) mass is 315 g/mol. The van der Waals surface area contributed by atoms with E-state index in [-0.39, 0.29) is 10.8 Å². The van der Waals surface area contributed by atoms with Gasteiger partial charge in [0.05, 0.1) is 4.92 Å². The van der Waals surface area contributed by atoms with Crippen LogP contribution in [0.5, 0.6) is 0 Å². The maximum atomic E-state index is 12.5. The Kier molecular flexibility index (Phi) is 4.41. The molecule has 0 saturated carbocycles. The zero-order chi connectivity index (χ0) is 15.5. The molecule has 0 amide bonds. The summed E-state index contributed by atoms with van der Waals surface area (Å²) >= 11 is 1.03. The molecule has 9 heteroatoms. The van der Waals surface area contributed by atoms with Gasteiger partial charge in [0, 0.05) is 24.1 Å². The van der Waals surface area contributed by atoms with Crippen molar-refractivity contribution >= 4 is 17.4 Å². The van der Waals surface area contributed by atoms with Crippen molar-refractivity contribution in [3.63, 3.8) is 0 Å². The van der Waals surface area contributed by atoms with E-state index in [0.29, 0.717) is 5.75 Å². The van der Waals surface area contributed by atoms with Crippen molar-refractivity contribution in [2.75, 3.05) is 0 Å². The number of aromatic nitrogens is 2. The Hall–Kier alpha value is -2.16. The first-order chi connectivity index (χ1) is 9.86. The van der Waals surface area contributed by atoms with Crippen LogP contribution in [0.1, 0.15) is 11.3 Å². The van der Waals surface area contributed by atoms with Crippen LogP contribution in [-0.4, -0.2) is 14.9 Å². The third-order valence-electron chi connectivity index (χ3n) is 2.44. The SMILES string of the molecule is O=[N+]([O-])c1ccc(CSc2nccc(C(F)(F)F)n2)cc1. The van der Waals surface area contributed by atoms with Crippen molar-refractivity contribution in [2.45, 2.75) is 17.1 Å². The Labute approximate surface area is 121 Å². The molecule has 0 radical (unpaired) electrons. The number of hydrogen-bond donors (Lipinski definition) is 0. The lowest BCUT2D eigenvalue weighted by Gasteiger charge is -2.06. The molecule has 0 unspecified atom stereocenters. The van der Waals surface area contributed by atoms with Crippen LogP contribution in [0.4, 0.5) is 18.9 Å². The molecule has 1 heterocycles. The van der Waals surface area contributed by atoms with Gasteiger partial charge in [-0.15, -0.1) is 0 Å². The van der Waals surface area contributed by atoms with Crippen molar-refractivity contribution in [2.24, 2.45) is 0 Å². The van der Waals surface area contributed by atoms with Crippen LogP contribution in [0.2, 0.25) is 0 Å². The maximum absolute atomic E-state index is 12.5. The highest BCUT2D eigenvalue weighted by Crippen LogP contribution is 2.29. The Morgan fingerprint density at radius 2 is 1.86 bits per heavy atom. The lowest BCUT2D eigenvalue weighted by Crippen LogP contribution is -2.08. The van der Waals surface area contributed by atoms with Crippen LogP contribution in [0.3, 0.4) is 0 Å². The molecule has 0 saturated heterocycles. The number of alkyl halides is 3. The summed E-state index contributed by atoms with van der Waals surface area (Å²) in [5.74, 6) is 0.319. The van der Waals surface area contributed by atoms with E-state index in [2.05, 4.69) is 9.97 Å². The van der Waals surface area contributed by atoms with Crippen LogP contribution in [0.15, 0.2) is 41.7 Å². The van der Waals surface area contributed by atoms with Crippen molar-refractivity contribution in [1.29, 1.82) is 0 Å². The minimum absolute atomic E-state index is 0.00294. The highest BCUT2D eigenvalue weighted by molar-refractivity contribution is 7.98. The average molecular weight is 315 g/mol. The zero-order valence-electron chi connectivity index (χ0n) is 10.4. The van der Waals surface area contributed by atoms with E-state index in [1.807, 2.05) is 0 Å². The van der Waals surface area contributed by atoms with Crippen molar-refractivity contribution in [3.8, 4) is 0 Å². The molecule has 2 aromatic rings. The van der Waals surface area contributed by atoms with Crippen LogP contribution in [-0.2, 0) is 11.9 Å². The van der Waals surface area contributed by atoms with E-state index < -0.39 is 16.8 Å². The fourth-order valence-corrected chi connectivity index (χ4v) is 2.22. The topological polar surface area (TPSA) is 68.9 Å². The fourth-order valence-electron chi connectivity index (χ4n) is 1.43. The summed E-state index contributed by atoms with van der Waals surface area (Å²) in [5, 5.41) is 10.5. The summed E-state index contributed by atoms with van der Waals surface area (Å²) in [6.45, 7) is 0. The van der Waals surface area contributed by atoms with Gasteiger partial charge in [-0.05, 0) is 11.6 Å². The van der Waals surface area contributed by atoms with E-state index in [1.165, 1.54) is 12.1 Å². The van der Waals surface area contributed by atoms with Gasteiger partial charge in [-0.25, -0.2) is 9.97 Å². The van der Waals surface area contributed by atoms with Crippen molar-refractivity contribution in [3.05, 3.63) is 57.9 Å². The Morgan fingerprint density at radius 3 is 2.43 bits per heavy atom. The molecule has 21 heavy (non-hydrogen) atoms. The second-order valence-electron chi connectivity index (χ2n) is 3.93. The summed E-state index contributed by atoms with van der Waals surface area (Å²) in [6.07, 6.45) is -3.46. The quantitative estimate of drug-likeness (QED) is 0.372. The number of rotatable bonds is 4. The van der Waals surface area contributed by atoms with Crippen LogP contribution >= 0.6 is 11.8 Å². The summed E-state index contributed by atoms with van der Waals surface area (Å²) in [5.41, 5.74) is -0.311. The molecule has 0 spiro atoms. The highest BCUT2D eigenvalue weighted by atomic mass is 32.2. The normalized spacial score (nSPS) is 11.4. The molecule has 5 nitrogen and oxygen atoms in total. The first kappa shape index (κ1) is 15.2. The summed E-state index contributed by atoms with van der Waals surface area (Å²) in [6, 6.07) is 6.55. The van der Waals surface area contributed by atoms with E-state index in [1.54, 1.807) is 12.1 Å². The molecule has 0 aliphatic rings. The number of nitro benzene ring substituents is 1. The molecule has 0 bridgehead atoms. The Bertz CT molecular complexity index is 647. The number of non-ortho nitro benzene ring substituents is 1. The predicted molar refractivity (Wildman–Crippen MR) is 69.7 cm³/mol. The summed E-state index contributed by atoms with van der Waals surface area (Å²) < 4.78 is 37.5. The lowest BCUT2D eigenvalue weighted by atomic mass is 10.2. The second-order valence-corrected chi connectivity index (χ2v) is 4.88. The van der Waals surface area contributed by atoms with Gasteiger partial charge in [0.25, 0.3) is 5.69 Å². The molecule has 0 N–H and O–H groups in total. The van der Waals surface area contributed by atoms with Gasteiger partial charge in [0.1, 0.15) is 5.69 Å². The van der Waals surface area contributed by atoms with E-state index >= 15 is 0 Å². The average Bonchev–Trinajstić information content (AvgIpc) is 2.45. The highest BCUT2D eigenvalue weighted by Gasteiger charge is 2.32. The maximum Gasteiger partial charge on any atom is 0.433 e. The van der Waals surface area contributed by atoms with E-state index in [4.69, 9.17) is 0 Å². The van der Waals surface area contributed by atoms with Crippen molar-refractivity contribution < 1.29 is 18.1 Å². The molecule has 0 aliphatic carbocycles. The fraction of sp³-hybridized carbons (Fsp3) is 0.167. The van der Waals surface area contributed by atoms with Gasteiger partial charge in [-0.2, -0.15) is 13.2 Å². The van der Waals surface area contributed by atoms with Crippen LogP contribution in [0.25, 0.3) is 0 Å². The summed E-state index contributed by atoms with van der Waals surface area (Å²) in [4.78, 5) is 17.2. The van der Waals surface area contributed by atoms with Crippen LogP contribution < -0.4 is 0 Å². The minimum atomic E-state index is -4.51. The molecule has 0 aliphatic heterocycles. The van der Waals surface area contributed by atoms with E-state index in [9.17, 15) is 23.3 Å². The number of thioether (sulfide) groups is 1. The zero-order valence-corrected chi connectivity index (χ0v) is 11.2. The number of nitrogens with zero attached hydrogens (tertiary/aromatic N) is 3. The van der Waals surface area contributed by atoms with Crippen LogP contribution in [0, 0.1) is 10.1 Å². The Morgan fingerprint density at radius 1 is 1.19 bits per heavy atom. The smallest absolute Gasteiger partial charge is 0.258 e. The molecule has 1 aromatic heterocycles. The second kappa shape index (κ2) is 6.08. The number of benzene rings is 1. The van der Waals surface area contributed by atoms with Crippen molar-refractivity contribution in [1.82, 2.24) is 9.97 Å². The molecular formula is C12H8F3N3O2S. The third kappa shape index (κ3) is 4.15. The third-order valence-corrected chi connectivity index (χ3v) is 3.37. The minimum Gasteiger partial charge on any atom is -0.258 e. The van der Waals surface area contributed by atoms with Gasteiger partial charge in [0.2, 0.25) is 0 Å². The molecular weight excluding hydrogens is 307 g/mol. The Balaban J connectivity index is 2.04. The molecule has 0 atom stereocenters. The largest absolute Gasteiger partial charge is 0.433 e. The van der Waals surface area contributed by atoms with Gasteiger partial charge in [-0.1, -0.05) is 23.9 Å². The molecule has 0 fully saturated rings. The predicted octanol–water partition coefficient (Wildman–Crippen LogP) is 3.70. The van der Waals surface area contributed by atoms with Gasteiger partial charge in [0.15, 0.2) is 5.16 Å². The number of halogens is 3. The van der Waals surface area contributed by atoms with Gasteiger partial charge >= 0.3 is 6.18 Å². The van der Waals surface area contributed by atoms with Gasteiger partial charge in [-0.3, -0.25) is 10.1 Å². The first-order valence-corrected chi connectivity index (χ1v) is 6.61. The number of nitro groups is 1. The van der Waals surface area contributed by atoms with E-state index in [0.717, 1.165) is 29.6 Å². The lowest BCUT2D eigenvalue weighted by molar-refractivity contribution is -0.384. The first-order valence-electron chi connectivity index (χ1n) is 5.62. The summed E-state index contributed by atoms with van der Waals surface area (Å²) in [7, 11) is 0. The number of hydrogen-bond acceptors (Lipinski definition) is 5. The standard InChI is InChI=1S/C12H8F3N3O2S/c13-12(14,15)10-5-6-16-11(17-10)21-7-8-1-3-9(4-2-8)18(19)20/h1-6H,7H2. The molecule has 110 valence electrons. The molecule has 1 aromatic carbocycles.